The Balaban J connectivity index is 1.52. The van der Waals surface area contributed by atoms with Crippen molar-refractivity contribution in [3.8, 4) is 0 Å². The molecule has 1 fully saturated rings. The maximum Gasteiger partial charge on any atom is 0.252 e. The molecule has 1 aliphatic heterocycles. The summed E-state index contributed by atoms with van der Waals surface area (Å²) in [7, 11) is 0. The van der Waals surface area contributed by atoms with Gasteiger partial charge in [0.05, 0.1) is 11.3 Å². The third kappa shape index (κ3) is 4.49. The quantitative estimate of drug-likeness (QED) is 0.741. The first-order valence-electron chi connectivity index (χ1n) is 7.83. The highest BCUT2D eigenvalue weighted by Crippen LogP contribution is 2.15. The van der Waals surface area contributed by atoms with Crippen molar-refractivity contribution in [2.75, 3.05) is 25.4 Å². The van der Waals surface area contributed by atoms with Crippen molar-refractivity contribution >= 4 is 22.4 Å². The molecule has 3 heterocycles. The number of hydrogen-bond donors (Lipinski definition) is 3. The van der Waals surface area contributed by atoms with Crippen LogP contribution in [-0.4, -0.2) is 35.5 Å². The fourth-order valence-electron chi connectivity index (χ4n) is 2.79. The molecule has 23 heavy (non-hydrogen) atoms. The monoisotopic (exact) mass is 331 g/mol. The lowest BCUT2D eigenvalue weighted by Gasteiger charge is -2.09. The molecule has 6 nitrogen and oxygen atoms in total. The summed E-state index contributed by atoms with van der Waals surface area (Å²) in [6.07, 6.45) is 6.31. The van der Waals surface area contributed by atoms with E-state index in [0.29, 0.717) is 29.6 Å². The molecule has 0 spiro atoms. The SMILES string of the molecule is Nc1nc(CCNC(=O)c2cncc(CC3CCNC3)c2)cs1. The van der Waals surface area contributed by atoms with Crippen LogP contribution in [0.4, 0.5) is 5.13 Å². The highest BCUT2D eigenvalue weighted by atomic mass is 32.1. The first-order valence-corrected chi connectivity index (χ1v) is 8.71. The molecule has 1 aliphatic rings. The molecule has 0 radical (unpaired) electrons. The summed E-state index contributed by atoms with van der Waals surface area (Å²) < 4.78 is 0. The number of carbonyl (C=O) groups excluding carboxylic acids is 1. The number of thiazole rings is 1. The van der Waals surface area contributed by atoms with E-state index in [1.807, 2.05) is 17.6 Å². The third-order valence-electron chi connectivity index (χ3n) is 3.98. The van der Waals surface area contributed by atoms with Crippen LogP contribution in [0.1, 0.15) is 28.0 Å². The maximum atomic E-state index is 12.2. The Morgan fingerprint density at radius 3 is 3.13 bits per heavy atom. The molecule has 0 bridgehead atoms. The zero-order valence-corrected chi connectivity index (χ0v) is 13.7. The molecule has 2 aromatic heterocycles. The van der Waals surface area contributed by atoms with E-state index in [2.05, 4.69) is 20.6 Å². The lowest BCUT2D eigenvalue weighted by atomic mass is 9.99. The van der Waals surface area contributed by atoms with Crippen molar-refractivity contribution in [3.05, 3.63) is 40.7 Å². The summed E-state index contributed by atoms with van der Waals surface area (Å²) in [4.78, 5) is 20.6. The minimum Gasteiger partial charge on any atom is -0.375 e. The van der Waals surface area contributed by atoms with Gasteiger partial charge in [0.25, 0.3) is 5.91 Å². The van der Waals surface area contributed by atoms with E-state index in [1.54, 1.807) is 6.20 Å². The molecule has 1 amide bonds. The Kier molecular flexibility index (Phi) is 5.19. The minimum absolute atomic E-state index is 0.0906. The van der Waals surface area contributed by atoms with E-state index in [9.17, 15) is 4.79 Å². The highest BCUT2D eigenvalue weighted by Gasteiger charge is 2.16. The number of nitrogen functional groups attached to an aromatic ring is 1. The average molecular weight is 331 g/mol. The van der Waals surface area contributed by atoms with E-state index in [0.717, 1.165) is 30.8 Å². The molecule has 3 rings (SSSR count). The fourth-order valence-corrected chi connectivity index (χ4v) is 3.39. The van der Waals surface area contributed by atoms with Crippen LogP contribution in [-0.2, 0) is 12.8 Å². The third-order valence-corrected chi connectivity index (χ3v) is 4.70. The number of nitrogens with two attached hydrogens (primary N) is 1. The molecular weight excluding hydrogens is 310 g/mol. The molecule has 4 N–H and O–H groups in total. The second-order valence-electron chi connectivity index (χ2n) is 5.83. The first kappa shape index (κ1) is 15.9. The Labute approximate surface area is 139 Å². The van der Waals surface area contributed by atoms with Gasteiger partial charge in [-0.05, 0) is 43.5 Å². The van der Waals surface area contributed by atoms with Crippen LogP contribution in [0, 0.1) is 5.92 Å². The van der Waals surface area contributed by atoms with Crippen molar-refractivity contribution in [1.29, 1.82) is 0 Å². The number of rotatable bonds is 6. The molecule has 0 aromatic carbocycles. The van der Waals surface area contributed by atoms with Crippen molar-refractivity contribution in [3.63, 3.8) is 0 Å². The van der Waals surface area contributed by atoms with Gasteiger partial charge >= 0.3 is 0 Å². The van der Waals surface area contributed by atoms with Crippen LogP contribution < -0.4 is 16.4 Å². The standard InChI is InChI=1S/C16H21N5OS/c17-16-21-14(10-23-16)2-4-20-15(22)13-6-12(8-19-9-13)5-11-1-3-18-7-11/h6,8-11,18H,1-5,7H2,(H2,17,21)(H,20,22). The van der Waals surface area contributed by atoms with Crippen LogP contribution in [0.5, 0.6) is 0 Å². The first-order chi connectivity index (χ1) is 11.2. The normalized spacial score (nSPS) is 17.3. The van der Waals surface area contributed by atoms with Gasteiger partial charge < -0.3 is 16.4 Å². The molecule has 1 saturated heterocycles. The summed E-state index contributed by atoms with van der Waals surface area (Å²) >= 11 is 1.42. The number of aromatic nitrogens is 2. The zero-order chi connectivity index (χ0) is 16.1. The Morgan fingerprint density at radius 2 is 2.39 bits per heavy atom. The second-order valence-corrected chi connectivity index (χ2v) is 6.72. The predicted molar refractivity (Wildman–Crippen MR) is 91.5 cm³/mol. The van der Waals surface area contributed by atoms with Crippen LogP contribution in [0.25, 0.3) is 0 Å². The van der Waals surface area contributed by atoms with E-state index in [-0.39, 0.29) is 5.91 Å². The summed E-state index contributed by atoms with van der Waals surface area (Å²) in [6.45, 7) is 2.67. The molecule has 0 saturated carbocycles. The maximum absolute atomic E-state index is 12.2. The fraction of sp³-hybridized carbons (Fsp3) is 0.438. The van der Waals surface area contributed by atoms with Gasteiger partial charge in [-0.3, -0.25) is 9.78 Å². The summed E-state index contributed by atoms with van der Waals surface area (Å²) in [5, 5.41) is 8.75. The summed E-state index contributed by atoms with van der Waals surface area (Å²) in [5.41, 5.74) is 8.24. The smallest absolute Gasteiger partial charge is 0.252 e. The van der Waals surface area contributed by atoms with E-state index < -0.39 is 0 Å². The minimum atomic E-state index is -0.0906. The second kappa shape index (κ2) is 7.52. The average Bonchev–Trinajstić information content (AvgIpc) is 3.19. The van der Waals surface area contributed by atoms with Gasteiger partial charge in [-0.25, -0.2) is 4.98 Å². The van der Waals surface area contributed by atoms with Crippen LogP contribution >= 0.6 is 11.3 Å². The number of hydrogen-bond acceptors (Lipinski definition) is 6. The van der Waals surface area contributed by atoms with Gasteiger partial charge in [-0.1, -0.05) is 0 Å². The largest absolute Gasteiger partial charge is 0.375 e. The van der Waals surface area contributed by atoms with Gasteiger partial charge in [0.1, 0.15) is 0 Å². The van der Waals surface area contributed by atoms with Gasteiger partial charge in [0.15, 0.2) is 5.13 Å². The van der Waals surface area contributed by atoms with E-state index in [4.69, 9.17) is 5.73 Å². The van der Waals surface area contributed by atoms with Crippen molar-refractivity contribution in [2.24, 2.45) is 5.92 Å². The highest BCUT2D eigenvalue weighted by molar-refractivity contribution is 7.13. The summed E-state index contributed by atoms with van der Waals surface area (Å²) in [6, 6.07) is 1.95. The number of amides is 1. The van der Waals surface area contributed by atoms with Crippen molar-refractivity contribution < 1.29 is 4.79 Å². The lowest BCUT2D eigenvalue weighted by molar-refractivity contribution is 0.0953. The number of anilines is 1. The van der Waals surface area contributed by atoms with Gasteiger partial charge in [-0.2, -0.15) is 0 Å². The molecule has 122 valence electrons. The number of nitrogens with one attached hydrogen (secondary N) is 2. The van der Waals surface area contributed by atoms with Crippen LogP contribution in [0.3, 0.4) is 0 Å². The lowest BCUT2D eigenvalue weighted by Crippen LogP contribution is -2.26. The number of pyridine rings is 1. The Morgan fingerprint density at radius 1 is 1.48 bits per heavy atom. The zero-order valence-electron chi connectivity index (χ0n) is 12.9. The Bertz CT molecular complexity index is 666. The number of nitrogens with zero attached hydrogens (tertiary/aromatic N) is 2. The summed E-state index contributed by atoms with van der Waals surface area (Å²) in [5.74, 6) is 0.553. The van der Waals surface area contributed by atoms with Crippen LogP contribution in [0.15, 0.2) is 23.8 Å². The molecule has 0 aliphatic carbocycles. The molecular formula is C16H21N5OS. The van der Waals surface area contributed by atoms with Crippen LogP contribution in [0.2, 0.25) is 0 Å². The molecule has 1 unspecified atom stereocenters. The van der Waals surface area contributed by atoms with E-state index in [1.165, 1.54) is 17.8 Å². The van der Waals surface area contributed by atoms with Crippen molar-refractivity contribution in [2.45, 2.75) is 19.3 Å². The van der Waals surface area contributed by atoms with Gasteiger partial charge in [0.2, 0.25) is 0 Å². The van der Waals surface area contributed by atoms with Gasteiger partial charge in [-0.15, -0.1) is 11.3 Å². The van der Waals surface area contributed by atoms with Crippen molar-refractivity contribution in [1.82, 2.24) is 20.6 Å². The molecule has 7 heteroatoms. The Hall–Kier alpha value is -1.99. The van der Waals surface area contributed by atoms with Gasteiger partial charge in [0, 0.05) is 30.7 Å². The van der Waals surface area contributed by atoms with E-state index >= 15 is 0 Å². The predicted octanol–water partition coefficient (Wildman–Crippen LogP) is 1.24. The number of carbonyl (C=O) groups is 1. The molecule has 1 atom stereocenters. The topological polar surface area (TPSA) is 92.9 Å². The molecule has 2 aromatic rings.